The summed E-state index contributed by atoms with van der Waals surface area (Å²) in [4.78, 5) is 4.25. The molecule has 1 aromatic heterocycles. The van der Waals surface area contributed by atoms with Gasteiger partial charge in [-0.25, -0.2) is 9.07 Å². The van der Waals surface area contributed by atoms with Crippen molar-refractivity contribution in [1.29, 1.82) is 0 Å². The molecule has 1 aliphatic rings. The molecule has 2 aromatic carbocycles. The lowest BCUT2D eigenvalue weighted by Gasteiger charge is -2.32. The molecule has 4 rings (SSSR count). The standard InChI is InChI=1S/C17H13BrClFN4/c18-11-4-1-3-10(7-11)14-8-15(24-17(23-14)21-9-22-24)16-12(19)5-2-6-13(16)20/h1-7,9,14-15H,8H2,(H,21,22,23)/t14-,15-/m1/s1. The summed E-state index contributed by atoms with van der Waals surface area (Å²) in [7, 11) is 0. The van der Waals surface area contributed by atoms with Gasteiger partial charge in [0, 0.05) is 15.1 Å². The second-order valence-corrected chi connectivity index (χ2v) is 6.99. The van der Waals surface area contributed by atoms with Crippen molar-refractivity contribution < 1.29 is 4.39 Å². The van der Waals surface area contributed by atoms with E-state index < -0.39 is 0 Å². The summed E-state index contributed by atoms with van der Waals surface area (Å²) in [5.74, 6) is 0.277. The van der Waals surface area contributed by atoms with Crippen LogP contribution in [0.1, 0.15) is 29.6 Å². The van der Waals surface area contributed by atoms with E-state index in [4.69, 9.17) is 11.6 Å². The molecule has 7 heteroatoms. The minimum atomic E-state index is -0.330. The zero-order chi connectivity index (χ0) is 16.7. The van der Waals surface area contributed by atoms with Gasteiger partial charge in [-0.2, -0.15) is 10.1 Å². The molecule has 122 valence electrons. The lowest BCUT2D eigenvalue weighted by molar-refractivity contribution is 0.416. The SMILES string of the molecule is Fc1cccc(Cl)c1[C@H]1C[C@H](c2cccc(Br)c2)Nc2ncnn21. The summed E-state index contributed by atoms with van der Waals surface area (Å²) >= 11 is 9.78. The molecule has 1 N–H and O–H groups in total. The van der Waals surface area contributed by atoms with E-state index in [-0.39, 0.29) is 17.9 Å². The summed E-state index contributed by atoms with van der Waals surface area (Å²) < 4.78 is 17.1. The van der Waals surface area contributed by atoms with E-state index in [1.807, 2.05) is 24.3 Å². The van der Waals surface area contributed by atoms with Crippen molar-refractivity contribution in [3.63, 3.8) is 0 Å². The minimum absolute atomic E-state index is 0.0140. The molecule has 0 unspecified atom stereocenters. The molecular formula is C17H13BrClFN4. The molecule has 0 aliphatic carbocycles. The zero-order valence-corrected chi connectivity index (χ0v) is 14.8. The van der Waals surface area contributed by atoms with Crippen LogP contribution in [0.5, 0.6) is 0 Å². The Morgan fingerprint density at radius 2 is 2.08 bits per heavy atom. The average Bonchev–Trinajstić information content (AvgIpc) is 3.03. The quantitative estimate of drug-likeness (QED) is 0.651. The van der Waals surface area contributed by atoms with Crippen LogP contribution in [0.2, 0.25) is 5.02 Å². The van der Waals surface area contributed by atoms with Crippen LogP contribution in [0, 0.1) is 5.82 Å². The number of benzene rings is 2. The van der Waals surface area contributed by atoms with Gasteiger partial charge in [0.1, 0.15) is 12.1 Å². The monoisotopic (exact) mass is 406 g/mol. The normalized spacial score (nSPS) is 19.6. The van der Waals surface area contributed by atoms with Crippen LogP contribution in [0.15, 0.2) is 53.3 Å². The summed E-state index contributed by atoms with van der Waals surface area (Å²) in [6, 6.07) is 12.4. The highest BCUT2D eigenvalue weighted by Gasteiger charge is 2.32. The largest absolute Gasteiger partial charge is 0.348 e. The molecule has 2 atom stereocenters. The molecule has 0 fully saturated rings. The summed E-state index contributed by atoms with van der Waals surface area (Å²) in [6.45, 7) is 0. The average molecular weight is 408 g/mol. The Bertz CT molecular complexity index is 878. The number of nitrogens with one attached hydrogen (secondary N) is 1. The van der Waals surface area contributed by atoms with Crippen LogP contribution in [0.25, 0.3) is 0 Å². The van der Waals surface area contributed by atoms with Crippen LogP contribution < -0.4 is 5.32 Å². The van der Waals surface area contributed by atoms with Gasteiger partial charge in [0.15, 0.2) is 0 Å². The van der Waals surface area contributed by atoms with Gasteiger partial charge >= 0.3 is 0 Å². The maximum atomic E-state index is 14.5. The Hall–Kier alpha value is -1.92. The first-order valence-corrected chi connectivity index (χ1v) is 8.66. The predicted molar refractivity (Wildman–Crippen MR) is 94.7 cm³/mol. The lowest BCUT2D eigenvalue weighted by Crippen LogP contribution is -2.28. The van der Waals surface area contributed by atoms with E-state index in [2.05, 4.69) is 31.3 Å². The third-order valence-electron chi connectivity index (χ3n) is 4.21. The highest BCUT2D eigenvalue weighted by molar-refractivity contribution is 9.10. The second kappa shape index (κ2) is 6.18. The Morgan fingerprint density at radius 3 is 2.88 bits per heavy atom. The number of hydrogen-bond donors (Lipinski definition) is 1. The van der Waals surface area contributed by atoms with Gasteiger partial charge in [-0.1, -0.05) is 45.7 Å². The smallest absolute Gasteiger partial charge is 0.222 e. The third kappa shape index (κ3) is 2.70. The van der Waals surface area contributed by atoms with Gasteiger partial charge in [0.2, 0.25) is 5.95 Å². The molecule has 0 radical (unpaired) electrons. The summed E-state index contributed by atoms with van der Waals surface area (Å²) in [6.07, 6.45) is 2.08. The fourth-order valence-electron chi connectivity index (χ4n) is 3.13. The van der Waals surface area contributed by atoms with Crippen molar-refractivity contribution in [3.05, 3.63) is 75.2 Å². The fourth-order valence-corrected chi connectivity index (χ4v) is 3.84. The van der Waals surface area contributed by atoms with E-state index >= 15 is 0 Å². The number of halogens is 3. The van der Waals surface area contributed by atoms with Crippen molar-refractivity contribution in [2.75, 3.05) is 5.32 Å². The van der Waals surface area contributed by atoms with Gasteiger partial charge in [0.05, 0.1) is 12.1 Å². The predicted octanol–water partition coefficient (Wildman–Crippen LogP) is 4.98. The molecule has 0 spiro atoms. The first kappa shape index (κ1) is 15.6. The summed E-state index contributed by atoms with van der Waals surface area (Å²) in [5, 5.41) is 8.01. The molecule has 2 heterocycles. The van der Waals surface area contributed by atoms with E-state index in [1.54, 1.807) is 16.8 Å². The topological polar surface area (TPSA) is 42.7 Å². The van der Waals surface area contributed by atoms with E-state index in [1.165, 1.54) is 12.4 Å². The highest BCUT2D eigenvalue weighted by Crippen LogP contribution is 2.40. The zero-order valence-electron chi connectivity index (χ0n) is 12.5. The molecule has 0 saturated carbocycles. The molecule has 1 aliphatic heterocycles. The molecule has 0 bridgehead atoms. The number of rotatable bonds is 2. The first-order valence-electron chi connectivity index (χ1n) is 7.49. The highest BCUT2D eigenvalue weighted by atomic mass is 79.9. The Kier molecular flexibility index (Phi) is 4.02. The third-order valence-corrected chi connectivity index (χ3v) is 5.04. The molecule has 4 nitrogen and oxygen atoms in total. The molecule has 0 saturated heterocycles. The van der Waals surface area contributed by atoms with Crippen molar-refractivity contribution in [1.82, 2.24) is 14.8 Å². The molecule has 24 heavy (non-hydrogen) atoms. The van der Waals surface area contributed by atoms with Gasteiger partial charge < -0.3 is 5.32 Å². The Morgan fingerprint density at radius 1 is 1.25 bits per heavy atom. The molecule has 3 aromatic rings. The Labute approximate surface area is 151 Å². The Balaban J connectivity index is 1.80. The van der Waals surface area contributed by atoms with Crippen LogP contribution in [0.4, 0.5) is 10.3 Å². The molecule has 0 amide bonds. The lowest BCUT2D eigenvalue weighted by atomic mass is 9.93. The van der Waals surface area contributed by atoms with Gasteiger partial charge in [0.25, 0.3) is 0 Å². The number of fused-ring (bicyclic) bond motifs is 1. The van der Waals surface area contributed by atoms with Crippen molar-refractivity contribution in [2.45, 2.75) is 18.5 Å². The van der Waals surface area contributed by atoms with E-state index in [0.29, 0.717) is 23.0 Å². The number of hydrogen-bond acceptors (Lipinski definition) is 3. The molecular weight excluding hydrogens is 395 g/mol. The second-order valence-electron chi connectivity index (χ2n) is 5.67. The number of nitrogens with zero attached hydrogens (tertiary/aromatic N) is 3. The van der Waals surface area contributed by atoms with Gasteiger partial charge in [-0.05, 0) is 36.2 Å². The minimum Gasteiger partial charge on any atom is -0.348 e. The van der Waals surface area contributed by atoms with E-state index in [0.717, 1.165) is 10.0 Å². The maximum Gasteiger partial charge on any atom is 0.222 e. The van der Waals surface area contributed by atoms with Crippen LogP contribution >= 0.6 is 27.5 Å². The maximum absolute atomic E-state index is 14.5. The number of anilines is 1. The van der Waals surface area contributed by atoms with Gasteiger partial charge in [-0.15, -0.1) is 0 Å². The van der Waals surface area contributed by atoms with Crippen molar-refractivity contribution >= 4 is 33.5 Å². The van der Waals surface area contributed by atoms with Crippen LogP contribution in [-0.4, -0.2) is 14.8 Å². The fraction of sp³-hybridized carbons (Fsp3) is 0.176. The van der Waals surface area contributed by atoms with E-state index in [9.17, 15) is 4.39 Å². The van der Waals surface area contributed by atoms with Crippen molar-refractivity contribution in [3.8, 4) is 0 Å². The first-order chi connectivity index (χ1) is 11.6. The van der Waals surface area contributed by atoms with Crippen molar-refractivity contribution in [2.24, 2.45) is 0 Å². The summed E-state index contributed by atoms with van der Waals surface area (Å²) in [5.41, 5.74) is 1.54. The number of aromatic nitrogens is 3. The van der Waals surface area contributed by atoms with Crippen LogP contribution in [0.3, 0.4) is 0 Å². The van der Waals surface area contributed by atoms with Gasteiger partial charge in [-0.3, -0.25) is 0 Å². The van der Waals surface area contributed by atoms with Crippen LogP contribution in [-0.2, 0) is 0 Å².